The van der Waals surface area contributed by atoms with Crippen molar-refractivity contribution < 1.29 is 28.2 Å². The van der Waals surface area contributed by atoms with Gasteiger partial charge in [0.15, 0.2) is 24.0 Å². The molecule has 0 saturated carbocycles. The predicted octanol–water partition coefficient (Wildman–Crippen LogP) is 2.93. The highest BCUT2D eigenvalue weighted by Gasteiger charge is 2.27. The number of hydrogen-bond donors (Lipinski definition) is 1. The van der Waals surface area contributed by atoms with Gasteiger partial charge in [0.05, 0.1) is 18.6 Å². The van der Waals surface area contributed by atoms with Crippen molar-refractivity contribution in [2.45, 2.75) is 12.8 Å². The molecule has 6 nitrogen and oxygen atoms in total. The molecule has 1 amide bonds. The van der Waals surface area contributed by atoms with Gasteiger partial charge >= 0.3 is 5.97 Å². The number of nitrogens with one attached hydrogen (secondary N) is 1. The van der Waals surface area contributed by atoms with Gasteiger partial charge in [0.1, 0.15) is 0 Å². The highest BCUT2D eigenvalue weighted by atomic mass is 19.1. The second-order valence-electron chi connectivity index (χ2n) is 5.86. The second-order valence-corrected chi connectivity index (χ2v) is 5.86. The van der Waals surface area contributed by atoms with Gasteiger partial charge in [-0.15, -0.1) is 0 Å². The summed E-state index contributed by atoms with van der Waals surface area (Å²) >= 11 is 0. The molecule has 1 atom stereocenters. The Labute approximate surface area is 148 Å². The molecule has 0 aliphatic carbocycles. The number of hydrogen-bond acceptors (Lipinski definition) is 5. The molecule has 0 spiro atoms. The standard InChI is InChI=1S/C19H16FNO5/c1-10-13-7-11(3-5-15(13)21-18(10)23)16(22)9-26-19(24)12-4-6-17(25-2)14(20)8-12/h3-8,10H,9H2,1-2H3,(H,21,23)/t10-/m0/s1. The molecule has 0 unspecified atom stereocenters. The van der Waals surface area contributed by atoms with Gasteiger partial charge in [-0.2, -0.15) is 0 Å². The van der Waals surface area contributed by atoms with E-state index >= 15 is 0 Å². The van der Waals surface area contributed by atoms with Crippen LogP contribution in [0.5, 0.6) is 5.75 Å². The van der Waals surface area contributed by atoms with Gasteiger partial charge < -0.3 is 14.8 Å². The Morgan fingerprint density at radius 3 is 2.58 bits per heavy atom. The van der Waals surface area contributed by atoms with E-state index in [1.165, 1.54) is 19.2 Å². The summed E-state index contributed by atoms with van der Waals surface area (Å²) in [5, 5.41) is 2.72. The minimum atomic E-state index is -0.814. The van der Waals surface area contributed by atoms with Crippen LogP contribution in [0, 0.1) is 5.82 Å². The maximum atomic E-state index is 13.6. The van der Waals surface area contributed by atoms with E-state index in [4.69, 9.17) is 9.47 Å². The average molecular weight is 357 g/mol. The molecule has 1 aliphatic heterocycles. The van der Waals surface area contributed by atoms with Crippen molar-refractivity contribution in [1.29, 1.82) is 0 Å². The van der Waals surface area contributed by atoms with Crippen molar-refractivity contribution in [2.24, 2.45) is 0 Å². The van der Waals surface area contributed by atoms with Crippen LogP contribution in [0.4, 0.5) is 10.1 Å². The number of benzene rings is 2. The van der Waals surface area contributed by atoms with Crippen LogP contribution in [0.15, 0.2) is 36.4 Å². The zero-order valence-corrected chi connectivity index (χ0v) is 14.2. The molecule has 134 valence electrons. The number of amides is 1. The fourth-order valence-corrected chi connectivity index (χ4v) is 2.68. The molecule has 0 radical (unpaired) electrons. The smallest absolute Gasteiger partial charge is 0.338 e. The number of Topliss-reactive ketones (excluding diaryl/α,β-unsaturated/α-hetero) is 1. The summed E-state index contributed by atoms with van der Waals surface area (Å²) in [6.45, 7) is 1.26. The van der Waals surface area contributed by atoms with Gasteiger partial charge in [-0.25, -0.2) is 9.18 Å². The molecule has 26 heavy (non-hydrogen) atoms. The number of ether oxygens (including phenoxy) is 2. The summed E-state index contributed by atoms with van der Waals surface area (Å²) < 4.78 is 23.4. The van der Waals surface area contributed by atoms with E-state index < -0.39 is 24.2 Å². The lowest BCUT2D eigenvalue weighted by molar-refractivity contribution is -0.116. The molecule has 7 heteroatoms. The van der Waals surface area contributed by atoms with Crippen LogP contribution in [0.1, 0.15) is 39.1 Å². The zero-order valence-electron chi connectivity index (χ0n) is 14.2. The number of carbonyl (C=O) groups excluding carboxylic acids is 3. The maximum absolute atomic E-state index is 13.6. The van der Waals surface area contributed by atoms with E-state index in [2.05, 4.69) is 5.32 Å². The van der Waals surface area contributed by atoms with E-state index in [0.717, 1.165) is 11.6 Å². The third kappa shape index (κ3) is 3.28. The average Bonchev–Trinajstić information content (AvgIpc) is 2.93. The SMILES string of the molecule is COc1ccc(C(=O)OCC(=O)c2ccc3c(c2)[C@H](C)C(=O)N3)cc1F. The third-order valence-corrected chi connectivity index (χ3v) is 4.21. The predicted molar refractivity (Wildman–Crippen MR) is 91.1 cm³/mol. The molecule has 2 aromatic carbocycles. The van der Waals surface area contributed by atoms with Crippen molar-refractivity contribution in [3.8, 4) is 5.75 Å². The number of anilines is 1. The first kappa shape index (κ1) is 17.6. The Morgan fingerprint density at radius 2 is 1.88 bits per heavy atom. The number of carbonyl (C=O) groups is 3. The van der Waals surface area contributed by atoms with Crippen LogP contribution < -0.4 is 10.1 Å². The Bertz CT molecular complexity index is 909. The molecule has 2 aromatic rings. The number of esters is 1. The van der Waals surface area contributed by atoms with Crippen molar-refractivity contribution in [3.63, 3.8) is 0 Å². The largest absolute Gasteiger partial charge is 0.494 e. The molecule has 0 fully saturated rings. The summed E-state index contributed by atoms with van der Waals surface area (Å²) in [6, 6.07) is 8.45. The van der Waals surface area contributed by atoms with Crippen LogP contribution in [0.2, 0.25) is 0 Å². The van der Waals surface area contributed by atoms with Crippen LogP contribution in [0.25, 0.3) is 0 Å². The van der Waals surface area contributed by atoms with Crippen molar-refractivity contribution in [2.75, 3.05) is 19.0 Å². The first-order valence-corrected chi connectivity index (χ1v) is 7.89. The summed E-state index contributed by atoms with van der Waals surface area (Å²) in [7, 11) is 1.32. The first-order valence-electron chi connectivity index (χ1n) is 7.89. The fourth-order valence-electron chi connectivity index (χ4n) is 2.68. The van der Waals surface area contributed by atoms with Crippen molar-refractivity contribution >= 4 is 23.3 Å². The third-order valence-electron chi connectivity index (χ3n) is 4.21. The zero-order chi connectivity index (χ0) is 18.8. The lowest BCUT2D eigenvalue weighted by Gasteiger charge is -2.08. The van der Waals surface area contributed by atoms with Gasteiger partial charge in [-0.05, 0) is 48.9 Å². The summed E-state index contributed by atoms with van der Waals surface area (Å²) in [5.74, 6) is -2.39. The number of rotatable bonds is 5. The van der Waals surface area contributed by atoms with E-state index in [9.17, 15) is 18.8 Å². The molecule has 3 rings (SSSR count). The lowest BCUT2D eigenvalue weighted by Crippen LogP contribution is -2.14. The van der Waals surface area contributed by atoms with E-state index in [1.54, 1.807) is 25.1 Å². The van der Waals surface area contributed by atoms with Gasteiger partial charge in [-0.1, -0.05) is 0 Å². The van der Waals surface area contributed by atoms with Crippen LogP contribution in [-0.2, 0) is 9.53 Å². The molecule has 0 saturated heterocycles. The molecular formula is C19H16FNO5. The highest BCUT2D eigenvalue weighted by Crippen LogP contribution is 2.32. The minimum Gasteiger partial charge on any atom is -0.494 e. The first-order chi connectivity index (χ1) is 12.4. The molecule has 0 bridgehead atoms. The summed E-state index contributed by atoms with van der Waals surface area (Å²) in [4.78, 5) is 35.9. The number of ketones is 1. The van der Waals surface area contributed by atoms with Crippen LogP contribution >= 0.6 is 0 Å². The van der Waals surface area contributed by atoms with E-state index in [-0.39, 0.29) is 23.1 Å². The Balaban J connectivity index is 1.67. The highest BCUT2D eigenvalue weighted by molar-refractivity contribution is 6.05. The van der Waals surface area contributed by atoms with E-state index in [0.29, 0.717) is 11.3 Å². The molecule has 1 N–H and O–H groups in total. The van der Waals surface area contributed by atoms with Crippen molar-refractivity contribution in [1.82, 2.24) is 0 Å². The Hall–Kier alpha value is -3.22. The number of methoxy groups -OCH3 is 1. The lowest BCUT2D eigenvalue weighted by atomic mass is 9.99. The van der Waals surface area contributed by atoms with Gasteiger partial charge in [0.2, 0.25) is 5.91 Å². The maximum Gasteiger partial charge on any atom is 0.338 e. The van der Waals surface area contributed by atoms with Crippen LogP contribution in [0.3, 0.4) is 0 Å². The minimum absolute atomic E-state index is 0.00745. The van der Waals surface area contributed by atoms with E-state index in [1.807, 2.05) is 0 Å². The monoisotopic (exact) mass is 357 g/mol. The van der Waals surface area contributed by atoms with Gasteiger partial charge in [0.25, 0.3) is 0 Å². The Kier molecular flexibility index (Phi) is 4.71. The van der Waals surface area contributed by atoms with Gasteiger partial charge in [0, 0.05) is 11.3 Å². The van der Waals surface area contributed by atoms with Crippen LogP contribution in [-0.4, -0.2) is 31.4 Å². The quantitative estimate of drug-likeness (QED) is 0.657. The Morgan fingerprint density at radius 1 is 1.15 bits per heavy atom. The topological polar surface area (TPSA) is 81.7 Å². The normalized spacial score (nSPS) is 15.2. The summed E-state index contributed by atoms with van der Waals surface area (Å²) in [6.07, 6.45) is 0. The summed E-state index contributed by atoms with van der Waals surface area (Å²) in [5.41, 5.74) is 1.71. The number of fused-ring (bicyclic) bond motifs is 1. The molecule has 1 heterocycles. The number of halogens is 1. The second kappa shape index (κ2) is 6.95. The van der Waals surface area contributed by atoms with Crippen molar-refractivity contribution in [3.05, 3.63) is 58.9 Å². The molecular weight excluding hydrogens is 341 g/mol. The fraction of sp³-hybridized carbons (Fsp3) is 0.211. The van der Waals surface area contributed by atoms with Gasteiger partial charge in [-0.3, -0.25) is 9.59 Å². The molecule has 0 aromatic heterocycles. The molecule has 1 aliphatic rings.